The summed E-state index contributed by atoms with van der Waals surface area (Å²) in [6.45, 7) is 1.68. The minimum Gasteiger partial charge on any atom is -0.475 e. The molecule has 0 saturated heterocycles. The van der Waals surface area contributed by atoms with E-state index in [1.807, 2.05) is 0 Å². The highest BCUT2D eigenvalue weighted by Crippen LogP contribution is 2.39. The maximum atomic E-state index is 12.7. The second-order valence-corrected chi connectivity index (χ2v) is 3.61. The van der Waals surface area contributed by atoms with Gasteiger partial charge in [0, 0.05) is 5.39 Å². The molecule has 0 bridgehead atoms. The molecule has 6 heteroatoms. The molecule has 90 valence electrons. The van der Waals surface area contributed by atoms with Gasteiger partial charge >= 0.3 is 12.1 Å². The maximum Gasteiger partial charge on any atom is 0.420 e. The van der Waals surface area contributed by atoms with Crippen molar-refractivity contribution in [3.63, 3.8) is 0 Å². The highest BCUT2D eigenvalue weighted by Gasteiger charge is 2.40. The standard InChI is InChI=1S/C11H7F3O3/c1-5-2-3-6-7(4-5)17-9(10(15)16)8(6)11(12,13)14/h2-4H,1H3,(H,15,16). The Hall–Kier alpha value is -1.98. The van der Waals surface area contributed by atoms with Crippen molar-refractivity contribution in [1.29, 1.82) is 0 Å². The fourth-order valence-corrected chi connectivity index (χ4v) is 1.64. The Labute approximate surface area is 93.5 Å². The number of carboxylic acid groups (broad SMARTS) is 1. The van der Waals surface area contributed by atoms with Crippen LogP contribution in [0.5, 0.6) is 0 Å². The first-order chi connectivity index (χ1) is 7.80. The molecule has 1 N–H and O–H groups in total. The van der Waals surface area contributed by atoms with E-state index in [0.717, 1.165) is 0 Å². The van der Waals surface area contributed by atoms with Gasteiger partial charge in [-0.25, -0.2) is 4.79 Å². The molecule has 0 atom stereocenters. The Morgan fingerprint density at radius 1 is 1.35 bits per heavy atom. The van der Waals surface area contributed by atoms with Gasteiger partial charge in [0.1, 0.15) is 11.1 Å². The predicted octanol–water partition coefficient (Wildman–Crippen LogP) is 3.46. The van der Waals surface area contributed by atoms with Gasteiger partial charge in [-0.2, -0.15) is 13.2 Å². The number of aryl methyl sites for hydroxylation is 1. The fourth-order valence-electron chi connectivity index (χ4n) is 1.64. The van der Waals surface area contributed by atoms with Gasteiger partial charge in [0.15, 0.2) is 0 Å². The average molecular weight is 244 g/mol. The molecule has 17 heavy (non-hydrogen) atoms. The summed E-state index contributed by atoms with van der Waals surface area (Å²) in [5, 5.41) is 8.47. The molecule has 2 aromatic rings. The summed E-state index contributed by atoms with van der Waals surface area (Å²) in [6, 6.07) is 4.05. The highest BCUT2D eigenvalue weighted by molar-refractivity contribution is 5.95. The van der Waals surface area contributed by atoms with Gasteiger partial charge in [-0.3, -0.25) is 0 Å². The number of alkyl halides is 3. The largest absolute Gasteiger partial charge is 0.475 e. The molecule has 0 saturated carbocycles. The number of carbonyl (C=O) groups is 1. The molecule has 2 rings (SSSR count). The van der Waals surface area contributed by atoms with Crippen LogP contribution >= 0.6 is 0 Å². The molecule has 0 aliphatic rings. The Bertz CT molecular complexity index is 596. The number of aromatic carboxylic acids is 1. The van der Waals surface area contributed by atoms with Crippen LogP contribution in [-0.4, -0.2) is 11.1 Å². The van der Waals surface area contributed by atoms with Gasteiger partial charge in [-0.1, -0.05) is 12.1 Å². The first-order valence-electron chi connectivity index (χ1n) is 4.64. The molecule has 0 fully saturated rings. The van der Waals surface area contributed by atoms with Crippen molar-refractivity contribution in [2.45, 2.75) is 13.1 Å². The lowest BCUT2D eigenvalue weighted by Gasteiger charge is -2.04. The van der Waals surface area contributed by atoms with Crippen LogP contribution in [0.2, 0.25) is 0 Å². The summed E-state index contributed by atoms with van der Waals surface area (Å²) in [5.41, 5.74) is -0.619. The SMILES string of the molecule is Cc1ccc2c(C(F)(F)F)c(C(=O)O)oc2c1. The van der Waals surface area contributed by atoms with Crippen LogP contribution in [0.4, 0.5) is 13.2 Å². The normalized spacial score (nSPS) is 12.0. The molecule has 1 heterocycles. The zero-order valence-corrected chi connectivity index (χ0v) is 8.63. The Kier molecular flexibility index (Phi) is 2.38. The first kappa shape index (κ1) is 11.5. The summed E-state index contributed by atoms with van der Waals surface area (Å²) >= 11 is 0. The van der Waals surface area contributed by atoms with Gasteiger partial charge in [0.25, 0.3) is 0 Å². The van der Waals surface area contributed by atoms with E-state index in [4.69, 9.17) is 9.52 Å². The van der Waals surface area contributed by atoms with Gasteiger partial charge in [-0.15, -0.1) is 0 Å². The van der Waals surface area contributed by atoms with E-state index < -0.39 is 23.5 Å². The third-order valence-electron chi connectivity index (χ3n) is 2.32. The monoisotopic (exact) mass is 244 g/mol. The van der Waals surface area contributed by atoms with Crippen LogP contribution in [0.1, 0.15) is 21.7 Å². The summed E-state index contributed by atoms with van der Waals surface area (Å²) < 4.78 is 43.0. The lowest BCUT2D eigenvalue weighted by atomic mass is 10.1. The summed E-state index contributed by atoms with van der Waals surface area (Å²) in [7, 11) is 0. The van der Waals surface area contributed by atoms with Crippen molar-refractivity contribution in [3.8, 4) is 0 Å². The lowest BCUT2D eigenvalue weighted by molar-refractivity contribution is -0.137. The van der Waals surface area contributed by atoms with E-state index in [1.54, 1.807) is 6.92 Å². The number of carboxylic acids is 1. The van der Waals surface area contributed by atoms with Crippen LogP contribution < -0.4 is 0 Å². The molecule has 1 aromatic heterocycles. The van der Waals surface area contributed by atoms with Crippen molar-refractivity contribution in [1.82, 2.24) is 0 Å². The first-order valence-corrected chi connectivity index (χ1v) is 4.64. The average Bonchev–Trinajstić information content (AvgIpc) is 2.55. The maximum absolute atomic E-state index is 12.7. The van der Waals surface area contributed by atoms with Crippen LogP contribution in [-0.2, 0) is 6.18 Å². The van der Waals surface area contributed by atoms with Crippen LogP contribution in [0.25, 0.3) is 11.0 Å². The molecule has 0 unspecified atom stereocenters. The third kappa shape index (κ3) is 1.86. The number of hydrogen-bond acceptors (Lipinski definition) is 2. The number of benzene rings is 1. The van der Waals surface area contributed by atoms with Crippen molar-refractivity contribution in [2.75, 3.05) is 0 Å². The molecule has 3 nitrogen and oxygen atoms in total. The minimum atomic E-state index is -4.76. The second-order valence-electron chi connectivity index (χ2n) is 3.61. The molecule has 0 aliphatic heterocycles. The van der Waals surface area contributed by atoms with Crippen molar-refractivity contribution < 1.29 is 27.5 Å². The lowest BCUT2D eigenvalue weighted by Crippen LogP contribution is -2.10. The number of hydrogen-bond donors (Lipinski definition) is 1. The van der Waals surface area contributed by atoms with E-state index in [1.165, 1.54) is 18.2 Å². The summed E-state index contributed by atoms with van der Waals surface area (Å²) in [5.74, 6) is -2.80. The van der Waals surface area contributed by atoms with Gasteiger partial charge in [-0.05, 0) is 18.6 Å². The van der Waals surface area contributed by atoms with Crippen LogP contribution in [0, 0.1) is 6.92 Å². The van der Waals surface area contributed by atoms with Crippen LogP contribution in [0.3, 0.4) is 0 Å². The predicted molar refractivity (Wildman–Crippen MR) is 52.9 cm³/mol. The Morgan fingerprint density at radius 2 is 2.00 bits per heavy atom. The highest BCUT2D eigenvalue weighted by atomic mass is 19.4. The molecule has 1 aromatic carbocycles. The summed E-state index contributed by atoms with van der Waals surface area (Å²) in [4.78, 5) is 10.7. The number of fused-ring (bicyclic) bond motifs is 1. The van der Waals surface area contributed by atoms with E-state index in [-0.39, 0.29) is 11.0 Å². The molecular weight excluding hydrogens is 237 g/mol. The van der Waals surface area contributed by atoms with E-state index in [9.17, 15) is 18.0 Å². The minimum absolute atomic E-state index is 0.0743. The van der Waals surface area contributed by atoms with Gasteiger partial charge in [0.2, 0.25) is 5.76 Å². The Balaban J connectivity index is 2.86. The van der Waals surface area contributed by atoms with Crippen molar-refractivity contribution in [2.24, 2.45) is 0 Å². The number of rotatable bonds is 1. The van der Waals surface area contributed by atoms with Gasteiger partial charge < -0.3 is 9.52 Å². The quantitative estimate of drug-likeness (QED) is 0.835. The molecule has 0 amide bonds. The van der Waals surface area contributed by atoms with Crippen LogP contribution in [0.15, 0.2) is 22.6 Å². The molecule has 0 radical (unpaired) electrons. The second kappa shape index (κ2) is 3.51. The zero-order valence-electron chi connectivity index (χ0n) is 8.63. The molecular formula is C11H7F3O3. The summed E-state index contributed by atoms with van der Waals surface area (Å²) in [6.07, 6.45) is -4.76. The molecule has 0 spiro atoms. The van der Waals surface area contributed by atoms with E-state index in [0.29, 0.717) is 5.56 Å². The van der Waals surface area contributed by atoms with E-state index >= 15 is 0 Å². The molecule has 0 aliphatic carbocycles. The van der Waals surface area contributed by atoms with Crippen molar-refractivity contribution in [3.05, 3.63) is 35.1 Å². The third-order valence-corrected chi connectivity index (χ3v) is 2.32. The number of furan rings is 1. The smallest absolute Gasteiger partial charge is 0.420 e. The van der Waals surface area contributed by atoms with Gasteiger partial charge in [0.05, 0.1) is 0 Å². The Morgan fingerprint density at radius 3 is 2.53 bits per heavy atom. The number of halogens is 3. The van der Waals surface area contributed by atoms with Crippen molar-refractivity contribution >= 4 is 16.9 Å². The topological polar surface area (TPSA) is 50.4 Å². The zero-order chi connectivity index (χ0) is 12.8. The van der Waals surface area contributed by atoms with E-state index in [2.05, 4.69) is 0 Å². The fraction of sp³-hybridized carbons (Fsp3) is 0.182.